The van der Waals surface area contributed by atoms with Gasteiger partial charge in [-0.1, -0.05) is 41.4 Å². The summed E-state index contributed by atoms with van der Waals surface area (Å²) in [5.41, 5.74) is 3.32. The number of aromatic nitrogens is 1. The minimum absolute atomic E-state index is 0.110. The van der Waals surface area contributed by atoms with Gasteiger partial charge in [-0.05, 0) is 79.2 Å². The zero-order chi connectivity index (χ0) is 24.0. The van der Waals surface area contributed by atoms with Crippen molar-refractivity contribution in [3.8, 4) is 22.4 Å². The van der Waals surface area contributed by atoms with Gasteiger partial charge >= 0.3 is 0 Å². The number of hydrogen-bond donors (Lipinski definition) is 0. The van der Waals surface area contributed by atoms with E-state index in [9.17, 15) is 17.2 Å². The Hall–Kier alpha value is -3.48. The Morgan fingerprint density at radius 2 is 1.29 bits per heavy atom. The Kier molecular flexibility index (Phi) is 5.50. The van der Waals surface area contributed by atoms with Gasteiger partial charge in [-0.15, -0.1) is 0 Å². The van der Waals surface area contributed by atoms with Gasteiger partial charge in [-0.25, -0.2) is 21.2 Å². The lowest BCUT2D eigenvalue weighted by atomic mass is 9.98. The van der Waals surface area contributed by atoms with Gasteiger partial charge in [0.2, 0.25) is 0 Å². The summed E-state index contributed by atoms with van der Waals surface area (Å²) in [5, 5.41) is 1.00. The molecule has 0 amide bonds. The van der Waals surface area contributed by atoms with Crippen LogP contribution in [0.5, 0.6) is 0 Å². The zero-order valence-electron chi connectivity index (χ0n) is 18.0. The largest absolute Gasteiger partial charge is 0.268 e. The van der Waals surface area contributed by atoms with Crippen molar-refractivity contribution in [1.82, 2.24) is 3.97 Å². The molecule has 0 saturated carbocycles. The van der Waals surface area contributed by atoms with E-state index < -0.39 is 21.7 Å². The van der Waals surface area contributed by atoms with Crippen molar-refractivity contribution in [3.63, 3.8) is 0 Å². The van der Waals surface area contributed by atoms with Crippen molar-refractivity contribution in [1.29, 1.82) is 0 Å². The van der Waals surface area contributed by atoms with E-state index in [1.54, 1.807) is 54.6 Å². The van der Waals surface area contributed by atoms with E-state index in [1.165, 1.54) is 40.4 Å². The van der Waals surface area contributed by atoms with E-state index in [0.717, 1.165) is 5.56 Å². The van der Waals surface area contributed by atoms with Crippen LogP contribution in [0.15, 0.2) is 95.9 Å². The highest BCUT2D eigenvalue weighted by Gasteiger charge is 2.28. The highest BCUT2D eigenvalue weighted by molar-refractivity contribution is 7.90. The van der Waals surface area contributed by atoms with E-state index in [1.807, 2.05) is 6.92 Å². The van der Waals surface area contributed by atoms with Crippen LogP contribution in [0.4, 0.5) is 8.78 Å². The van der Waals surface area contributed by atoms with Crippen LogP contribution in [-0.4, -0.2) is 12.4 Å². The highest BCUT2D eigenvalue weighted by Crippen LogP contribution is 2.43. The second-order valence-electron chi connectivity index (χ2n) is 7.98. The lowest BCUT2D eigenvalue weighted by Gasteiger charge is -2.14. The smallest absolute Gasteiger partial charge is 0.233 e. The minimum atomic E-state index is -4.07. The van der Waals surface area contributed by atoms with Gasteiger partial charge in [0, 0.05) is 21.5 Å². The molecule has 3 nitrogen and oxygen atoms in total. The predicted molar refractivity (Wildman–Crippen MR) is 131 cm³/mol. The predicted octanol–water partition coefficient (Wildman–Crippen LogP) is 7.45. The molecule has 0 bridgehead atoms. The molecule has 0 saturated heterocycles. The van der Waals surface area contributed by atoms with Gasteiger partial charge in [0.1, 0.15) is 11.6 Å². The second kappa shape index (κ2) is 8.38. The fourth-order valence-electron chi connectivity index (χ4n) is 4.08. The molecule has 0 unspecified atom stereocenters. The van der Waals surface area contributed by atoms with E-state index in [0.29, 0.717) is 38.3 Å². The van der Waals surface area contributed by atoms with Crippen molar-refractivity contribution in [3.05, 3.63) is 113 Å². The number of rotatable bonds is 4. The molecule has 34 heavy (non-hydrogen) atoms. The van der Waals surface area contributed by atoms with Crippen LogP contribution in [0.3, 0.4) is 0 Å². The second-order valence-corrected chi connectivity index (χ2v) is 10.2. The molecule has 0 fully saturated rings. The first-order chi connectivity index (χ1) is 16.3. The zero-order valence-corrected chi connectivity index (χ0v) is 19.5. The van der Waals surface area contributed by atoms with E-state index in [2.05, 4.69) is 0 Å². The maximum atomic E-state index is 14.0. The van der Waals surface area contributed by atoms with Crippen molar-refractivity contribution in [2.24, 2.45) is 0 Å². The fourth-order valence-corrected chi connectivity index (χ4v) is 5.80. The van der Waals surface area contributed by atoms with Crippen LogP contribution >= 0.6 is 11.6 Å². The first-order valence-corrected chi connectivity index (χ1v) is 12.3. The van der Waals surface area contributed by atoms with Gasteiger partial charge in [-0.3, -0.25) is 0 Å². The molecule has 0 aliphatic rings. The fraction of sp³-hybridized carbons (Fsp3) is 0.0370. The van der Waals surface area contributed by atoms with Crippen molar-refractivity contribution in [2.75, 3.05) is 0 Å². The van der Waals surface area contributed by atoms with Crippen molar-refractivity contribution >= 4 is 32.5 Å². The van der Waals surface area contributed by atoms with Gasteiger partial charge in [0.25, 0.3) is 10.0 Å². The molecular formula is C27H18ClF2NO2S. The third-order valence-corrected chi connectivity index (χ3v) is 7.66. The van der Waals surface area contributed by atoms with Gasteiger partial charge in [0.15, 0.2) is 0 Å². The van der Waals surface area contributed by atoms with Crippen molar-refractivity contribution < 1.29 is 17.2 Å². The normalized spacial score (nSPS) is 11.8. The molecule has 170 valence electrons. The first-order valence-electron chi connectivity index (χ1n) is 10.4. The summed E-state index contributed by atoms with van der Waals surface area (Å²) in [6.45, 7) is 1.88. The molecule has 1 aromatic heterocycles. The number of aryl methyl sites for hydroxylation is 1. The molecule has 1 heterocycles. The number of halogens is 3. The summed E-state index contributed by atoms with van der Waals surface area (Å²) < 4.78 is 56.8. The summed E-state index contributed by atoms with van der Waals surface area (Å²) in [6, 6.07) is 22.9. The van der Waals surface area contributed by atoms with Crippen LogP contribution in [-0.2, 0) is 10.0 Å². The van der Waals surface area contributed by atoms with Gasteiger partial charge < -0.3 is 0 Å². The number of fused-ring (bicyclic) bond motifs is 1. The number of benzene rings is 4. The quantitative estimate of drug-likeness (QED) is 0.261. The topological polar surface area (TPSA) is 39.1 Å². The Morgan fingerprint density at radius 3 is 1.88 bits per heavy atom. The number of hydrogen-bond acceptors (Lipinski definition) is 2. The summed E-state index contributed by atoms with van der Waals surface area (Å²) in [5.74, 6) is -0.861. The Morgan fingerprint density at radius 1 is 0.735 bits per heavy atom. The SMILES string of the molecule is Cc1ccc(S(=O)(=O)n2c(-c3ccc(F)cc3)c(-c3ccc(F)cc3)c3cc(Cl)ccc32)cc1. The molecule has 5 rings (SSSR count). The van der Waals surface area contributed by atoms with E-state index >= 15 is 0 Å². The summed E-state index contributed by atoms with van der Waals surface area (Å²) in [7, 11) is -4.07. The average Bonchev–Trinajstić information content (AvgIpc) is 3.15. The highest BCUT2D eigenvalue weighted by atomic mass is 35.5. The van der Waals surface area contributed by atoms with Crippen LogP contribution in [0.25, 0.3) is 33.3 Å². The van der Waals surface area contributed by atoms with Gasteiger partial charge in [-0.2, -0.15) is 0 Å². The standard InChI is InChI=1S/C27H18ClF2NO2S/c1-17-2-13-23(14-3-17)34(32,33)31-25-15-8-20(28)16-24(25)26(18-4-9-21(29)10-5-18)27(31)19-6-11-22(30)12-7-19/h2-16H,1H3. The van der Waals surface area contributed by atoms with Crippen LogP contribution in [0.2, 0.25) is 5.02 Å². The van der Waals surface area contributed by atoms with Crippen molar-refractivity contribution in [2.45, 2.75) is 11.8 Å². The molecule has 0 aliphatic carbocycles. The molecule has 7 heteroatoms. The average molecular weight is 494 g/mol. The Labute approximate surface area is 200 Å². The Bertz CT molecular complexity index is 1620. The third-order valence-electron chi connectivity index (χ3n) is 5.70. The van der Waals surface area contributed by atoms with Crippen LogP contribution < -0.4 is 0 Å². The number of nitrogens with zero attached hydrogens (tertiary/aromatic N) is 1. The van der Waals surface area contributed by atoms with E-state index in [-0.39, 0.29) is 4.90 Å². The summed E-state index contributed by atoms with van der Waals surface area (Å²) in [6.07, 6.45) is 0. The molecule has 0 aliphatic heterocycles. The maximum Gasteiger partial charge on any atom is 0.268 e. The van der Waals surface area contributed by atoms with Crippen LogP contribution in [0.1, 0.15) is 5.56 Å². The third kappa shape index (κ3) is 3.79. The first kappa shape index (κ1) is 22.3. The molecule has 4 aromatic carbocycles. The summed E-state index contributed by atoms with van der Waals surface area (Å²) in [4.78, 5) is 0.110. The monoisotopic (exact) mass is 493 g/mol. The summed E-state index contributed by atoms with van der Waals surface area (Å²) >= 11 is 6.31. The molecule has 0 radical (unpaired) electrons. The molecule has 0 spiro atoms. The maximum absolute atomic E-state index is 14.0. The van der Waals surface area contributed by atoms with Crippen LogP contribution in [0, 0.1) is 18.6 Å². The Balaban J connectivity index is 1.95. The molecule has 0 N–H and O–H groups in total. The lowest BCUT2D eigenvalue weighted by Crippen LogP contribution is -2.14. The minimum Gasteiger partial charge on any atom is -0.233 e. The van der Waals surface area contributed by atoms with E-state index in [4.69, 9.17) is 11.6 Å². The molecule has 0 atom stereocenters. The molecule has 5 aromatic rings. The van der Waals surface area contributed by atoms with Gasteiger partial charge in [0.05, 0.1) is 16.1 Å². The molecular weight excluding hydrogens is 476 g/mol. The lowest BCUT2D eigenvalue weighted by molar-refractivity contribution is 0.589.